The van der Waals surface area contributed by atoms with Crippen molar-refractivity contribution in [3.63, 3.8) is 0 Å². The van der Waals surface area contributed by atoms with Crippen molar-refractivity contribution in [2.45, 2.75) is 52.2 Å². The Morgan fingerprint density at radius 3 is 2.00 bits per heavy atom. The fourth-order valence-corrected chi connectivity index (χ4v) is 4.72. The highest BCUT2D eigenvalue weighted by Crippen LogP contribution is 2.18. The molecular weight excluding hydrogens is 276 g/mol. The minimum atomic E-state index is -2.47. The summed E-state index contributed by atoms with van der Waals surface area (Å²) in [7, 11) is -2.47. The zero-order chi connectivity index (χ0) is 14.7. The summed E-state index contributed by atoms with van der Waals surface area (Å²) in [5.41, 5.74) is 0. The molecule has 120 valence electrons. The van der Waals surface area contributed by atoms with Gasteiger partial charge in [-0.2, -0.15) is 0 Å². The van der Waals surface area contributed by atoms with Gasteiger partial charge >= 0.3 is 8.80 Å². The van der Waals surface area contributed by atoms with Crippen LogP contribution in [0.15, 0.2) is 0 Å². The molecule has 1 aliphatic rings. The van der Waals surface area contributed by atoms with Gasteiger partial charge < -0.3 is 22.8 Å². The molecule has 1 saturated heterocycles. The first-order chi connectivity index (χ1) is 9.76. The van der Waals surface area contributed by atoms with Crippen molar-refractivity contribution in [2.75, 3.05) is 39.6 Å². The van der Waals surface area contributed by atoms with Crippen LogP contribution in [0.1, 0.15) is 40.0 Å². The molecule has 0 bridgehead atoms. The van der Waals surface area contributed by atoms with E-state index in [9.17, 15) is 0 Å². The van der Waals surface area contributed by atoms with Crippen molar-refractivity contribution in [1.82, 2.24) is 0 Å². The van der Waals surface area contributed by atoms with Crippen molar-refractivity contribution in [3.8, 4) is 0 Å². The van der Waals surface area contributed by atoms with Gasteiger partial charge in [-0.15, -0.1) is 0 Å². The molecule has 6 heteroatoms. The molecule has 1 aliphatic heterocycles. The van der Waals surface area contributed by atoms with E-state index in [1.807, 2.05) is 20.8 Å². The van der Waals surface area contributed by atoms with Crippen molar-refractivity contribution in [3.05, 3.63) is 0 Å². The minimum Gasteiger partial charge on any atom is -0.381 e. The van der Waals surface area contributed by atoms with Gasteiger partial charge in [0.2, 0.25) is 0 Å². The fourth-order valence-electron chi connectivity index (χ4n) is 2.14. The van der Waals surface area contributed by atoms with Crippen molar-refractivity contribution in [2.24, 2.45) is 0 Å². The van der Waals surface area contributed by atoms with Gasteiger partial charge in [-0.1, -0.05) is 0 Å². The van der Waals surface area contributed by atoms with Gasteiger partial charge in [0.25, 0.3) is 0 Å². The molecule has 0 aliphatic carbocycles. The molecule has 0 N–H and O–H groups in total. The largest absolute Gasteiger partial charge is 0.501 e. The summed E-state index contributed by atoms with van der Waals surface area (Å²) in [5, 5.41) is 0. The fraction of sp³-hybridized carbons (Fsp3) is 1.00. The number of epoxide rings is 1. The summed E-state index contributed by atoms with van der Waals surface area (Å²) in [6, 6.07) is 0.828. The molecule has 1 fully saturated rings. The third-order valence-corrected chi connectivity index (χ3v) is 6.23. The van der Waals surface area contributed by atoms with Crippen LogP contribution in [-0.4, -0.2) is 54.5 Å². The summed E-state index contributed by atoms with van der Waals surface area (Å²) in [5.74, 6) is 0. The summed E-state index contributed by atoms with van der Waals surface area (Å²) in [6.07, 6.45) is 3.63. The Morgan fingerprint density at radius 1 is 0.950 bits per heavy atom. The predicted molar refractivity (Wildman–Crippen MR) is 79.8 cm³/mol. The Hall–Kier alpha value is 0.0169. The maximum absolute atomic E-state index is 5.80. The Labute approximate surface area is 124 Å². The highest BCUT2D eigenvalue weighted by molar-refractivity contribution is 6.60. The summed E-state index contributed by atoms with van der Waals surface area (Å²) < 4.78 is 28.2. The average molecular weight is 306 g/mol. The van der Waals surface area contributed by atoms with E-state index in [1.54, 1.807) is 0 Å². The molecule has 0 radical (unpaired) electrons. The molecule has 0 amide bonds. The molecule has 20 heavy (non-hydrogen) atoms. The predicted octanol–water partition coefficient (Wildman–Crippen LogP) is 2.62. The number of hydrogen-bond donors (Lipinski definition) is 0. The van der Waals surface area contributed by atoms with Gasteiger partial charge in [-0.25, -0.2) is 0 Å². The second-order valence-electron chi connectivity index (χ2n) is 4.80. The van der Waals surface area contributed by atoms with Crippen LogP contribution in [0.2, 0.25) is 6.04 Å². The van der Waals surface area contributed by atoms with Crippen LogP contribution in [0.4, 0.5) is 0 Å². The number of hydrogen-bond acceptors (Lipinski definition) is 5. The molecule has 0 saturated carbocycles. The maximum atomic E-state index is 5.80. The third kappa shape index (κ3) is 7.71. The summed E-state index contributed by atoms with van der Waals surface area (Å²) in [6.45, 7) is 10.3. The molecule has 1 atom stereocenters. The minimum absolute atomic E-state index is 0.507. The zero-order valence-corrected chi connectivity index (χ0v) is 14.2. The molecule has 1 heterocycles. The smallest absolute Gasteiger partial charge is 0.381 e. The lowest BCUT2D eigenvalue weighted by atomic mass is 10.3. The van der Waals surface area contributed by atoms with E-state index in [1.165, 1.54) is 0 Å². The van der Waals surface area contributed by atoms with Crippen LogP contribution in [0.25, 0.3) is 0 Å². The van der Waals surface area contributed by atoms with Crippen LogP contribution in [0.3, 0.4) is 0 Å². The van der Waals surface area contributed by atoms with E-state index in [2.05, 4.69) is 0 Å². The van der Waals surface area contributed by atoms with E-state index in [-0.39, 0.29) is 0 Å². The second kappa shape index (κ2) is 10.7. The first-order valence-corrected chi connectivity index (χ1v) is 9.80. The van der Waals surface area contributed by atoms with E-state index in [0.29, 0.717) is 25.9 Å². The second-order valence-corrected chi connectivity index (χ2v) is 7.53. The first kappa shape index (κ1) is 18.1. The number of rotatable bonds is 14. The Bertz CT molecular complexity index is 219. The lowest BCUT2D eigenvalue weighted by Crippen LogP contribution is -2.46. The SMILES string of the molecule is CCO[Si](CCCOCCCC1CO1)(OCC)OCC. The Balaban J connectivity index is 2.11. The molecule has 1 unspecified atom stereocenters. The Kier molecular flexibility index (Phi) is 9.67. The topological polar surface area (TPSA) is 49.5 Å². The third-order valence-electron chi connectivity index (χ3n) is 3.08. The van der Waals surface area contributed by atoms with Gasteiger partial charge in [0.1, 0.15) is 0 Å². The monoisotopic (exact) mass is 306 g/mol. The van der Waals surface area contributed by atoms with Gasteiger partial charge in [0.05, 0.1) is 12.7 Å². The molecule has 0 aromatic carbocycles. The number of ether oxygens (including phenoxy) is 2. The quantitative estimate of drug-likeness (QED) is 0.280. The normalized spacial score (nSPS) is 18.4. The van der Waals surface area contributed by atoms with E-state index >= 15 is 0 Å². The van der Waals surface area contributed by atoms with Gasteiger partial charge in [-0.3, -0.25) is 0 Å². The lowest BCUT2D eigenvalue weighted by molar-refractivity contribution is 0.0656. The molecule has 0 aromatic rings. The summed E-state index contributed by atoms with van der Waals surface area (Å²) >= 11 is 0. The molecule has 1 rings (SSSR count). The highest BCUT2D eigenvalue weighted by Gasteiger charge is 2.39. The molecule has 0 aromatic heterocycles. The molecule has 5 nitrogen and oxygen atoms in total. The van der Waals surface area contributed by atoms with Crippen LogP contribution < -0.4 is 0 Å². The highest BCUT2D eigenvalue weighted by atomic mass is 28.4. The molecule has 0 spiro atoms. The van der Waals surface area contributed by atoms with E-state index < -0.39 is 8.80 Å². The molecular formula is C14H30O5Si. The average Bonchev–Trinajstić information content (AvgIpc) is 3.23. The lowest BCUT2D eigenvalue weighted by Gasteiger charge is -2.28. The van der Waals surface area contributed by atoms with Crippen molar-refractivity contribution in [1.29, 1.82) is 0 Å². The standard InChI is InChI=1S/C14H30O5Si/c1-4-17-20(18-5-2,19-6-3)12-8-11-15-10-7-9-14-13-16-14/h14H,4-13H2,1-3H3. The van der Waals surface area contributed by atoms with Gasteiger partial charge in [-0.05, 0) is 40.0 Å². The maximum Gasteiger partial charge on any atom is 0.501 e. The van der Waals surface area contributed by atoms with Gasteiger partial charge in [0, 0.05) is 39.1 Å². The van der Waals surface area contributed by atoms with Gasteiger partial charge in [0.15, 0.2) is 0 Å². The zero-order valence-electron chi connectivity index (χ0n) is 13.2. The van der Waals surface area contributed by atoms with Crippen molar-refractivity contribution >= 4 is 8.80 Å². The van der Waals surface area contributed by atoms with Crippen molar-refractivity contribution < 1.29 is 22.8 Å². The van der Waals surface area contributed by atoms with Crippen LogP contribution >= 0.6 is 0 Å². The summed E-state index contributed by atoms with van der Waals surface area (Å²) in [4.78, 5) is 0. The van der Waals surface area contributed by atoms with Crippen LogP contribution in [0.5, 0.6) is 0 Å². The van der Waals surface area contributed by atoms with E-state index in [4.69, 9.17) is 22.8 Å². The first-order valence-electron chi connectivity index (χ1n) is 7.87. The van der Waals surface area contributed by atoms with E-state index in [0.717, 1.165) is 45.1 Å². The van der Waals surface area contributed by atoms with Crippen LogP contribution in [-0.2, 0) is 22.8 Å². The Morgan fingerprint density at radius 2 is 1.50 bits per heavy atom. The van der Waals surface area contributed by atoms with Crippen LogP contribution in [0, 0.1) is 0 Å².